The summed E-state index contributed by atoms with van der Waals surface area (Å²) in [5, 5.41) is 3.71. The van der Waals surface area contributed by atoms with E-state index in [1.165, 1.54) is 60.9 Å². The minimum Gasteiger partial charge on any atom is -0.312 e. The highest BCUT2D eigenvalue weighted by molar-refractivity contribution is 5.37. The predicted octanol–water partition coefficient (Wildman–Crippen LogP) is 4.67. The van der Waals surface area contributed by atoms with Gasteiger partial charge < -0.3 is 5.32 Å². The molecule has 0 atom stereocenters. The SMILES string of the molecule is Cc1cc(C)c(CNCC2(C)CCCCC2)c(C)c1. The molecule has 1 heteroatoms. The molecule has 1 nitrogen and oxygen atoms in total. The number of benzene rings is 1. The van der Waals surface area contributed by atoms with E-state index >= 15 is 0 Å². The summed E-state index contributed by atoms with van der Waals surface area (Å²) in [4.78, 5) is 0. The van der Waals surface area contributed by atoms with Gasteiger partial charge in [0.15, 0.2) is 0 Å². The highest BCUT2D eigenvalue weighted by atomic mass is 14.9. The van der Waals surface area contributed by atoms with E-state index in [0.29, 0.717) is 5.41 Å². The van der Waals surface area contributed by atoms with Crippen LogP contribution in [0.2, 0.25) is 0 Å². The maximum atomic E-state index is 3.71. The maximum Gasteiger partial charge on any atom is 0.0210 e. The number of hydrogen-bond donors (Lipinski definition) is 1. The van der Waals surface area contributed by atoms with Gasteiger partial charge in [0.1, 0.15) is 0 Å². The normalized spacial score (nSPS) is 18.5. The summed E-state index contributed by atoms with van der Waals surface area (Å²) in [5.74, 6) is 0. The van der Waals surface area contributed by atoms with Gasteiger partial charge in [-0.2, -0.15) is 0 Å². The van der Waals surface area contributed by atoms with Crippen molar-refractivity contribution in [2.45, 2.75) is 66.3 Å². The third kappa shape index (κ3) is 3.82. The Bertz CT molecular complexity index is 404. The Morgan fingerprint density at radius 2 is 1.58 bits per heavy atom. The lowest BCUT2D eigenvalue weighted by atomic mass is 9.76. The highest BCUT2D eigenvalue weighted by Gasteiger charge is 2.26. The van der Waals surface area contributed by atoms with E-state index in [4.69, 9.17) is 0 Å². The van der Waals surface area contributed by atoms with E-state index in [9.17, 15) is 0 Å². The van der Waals surface area contributed by atoms with Gasteiger partial charge in [-0.1, -0.05) is 43.9 Å². The monoisotopic (exact) mass is 259 g/mol. The molecule has 0 unspecified atom stereocenters. The van der Waals surface area contributed by atoms with Crippen molar-refractivity contribution < 1.29 is 0 Å². The van der Waals surface area contributed by atoms with Crippen molar-refractivity contribution in [3.63, 3.8) is 0 Å². The number of hydrogen-bond acceptors (Lipinski definition) is 1. The number of rotatable bonds is 4. The van der Waals surface area contributed by atoms with Crippen molar-refractivity contribution in [1.82, 2.24) is 5.32 Å². The van der Waals surface area contributed by atoms with E-state index < -0.39 is 0 Å². The molecule has 0 spiro atoms. The molecule has 0 saturated heterocycles. The average Bonchev–Trinajstić information content (AvgIpc) is 2.33. The van der Waals surface area contributed by atoms with Gasteiger partial charge in [-0.15, -0.1) is 0 Å². The molecule has 1 aliphatic rings. The first-order chi connectivity index (χ1) is 9.00. The van der Waals surface area contributed by atoms with Crippen LogP contribution in [0, 0.1) is 26.2 Å². The largest absolute Gasteiger partial charge is 0.312 e. The Hall–Kier alpha value is -0.820. The van der Waals surface area contributed by atoms with Crippen molar-refractivity contribution in [1.29, 1.82) is 0 Å². The average molecular weight is 259 g/mol. The van der Waals surface area contributed by atoms with Gasteiger partial charge >= 0.3 is 0 Å². The third-order valence-electron chi connectivity index (χ3n) is 4.75. The Morgan fingerprint density at radius 3 is 2.16 bits per heavy atom. The van der Waals surface area contributed by atoms with Gasteiger partial charge in [-0.05, 0) is 55.7 Å². The summed E-state index contributed by atoms with van der Waals surface area (Å²) in [7, 11) is 0. The summed E-state index contributed by atoms with van der Waals surface area (Å²) in [6.45, 7) is 11.3. The van der Waals surface area contributed by atoms with Crippen LogP contribution in [-0.4, -0.2) is 6.54 Å². The molecule has 1 saturated carbocycles. The van der Waals surface area contributed by atoms with Crippen LogP contribution >= 0.6 is 0 Å². The summed E-state index contributed by atoms with van der Waals surface area (Å²) in [5.41, 5.74) is 6.26. The van der Waals surface area contributed by atoms with Crippen molar-refractivity contribution in [2.24, 2.45) is 5.41 Å². The first-order valence-corrected chi connectivity index (χ1v) is 7.78. The van der Waals surface area contributed by atoms with E-state index in [-0.39, 0.29) is 0 Å². The van der Waals surface area contributed by atoms with Crippen LogP contribution in [0.4, 0.5) is 0 Å². The first-order valence-electron chi connectivity index (χ1n) is 7.78. The van der Waals surface area contributed by atoms with Crippen molar-refractivity contribution in [3.05, 3.63) is 34.4 Å². The summed E-state index contributed by atoms with van der Waals surface area (Å²) < 4.78 is 0. The Kier molecular flexibility index (Phi) is 4.67. The van der Waals surface area contributed by atoms with Gasteiger partial charge in [0.25, 0.3) is 0 Å². The molecule has 0 heterocycles. The van der Waals surface area contributed by atoms with E-state index in [1.54, 1.807) is 0 Å². The van der Waals surface area contributed by atoms with Crippen LogP contribution in [0.1, 0.15) is 61.3 Å². The van der Waals surface area contributed by atoms with Gasteiger partial charge in [0, 0.05) is 13.1 Å². The van der Waals surface area contributed by atoms with Crippen LogP contribution in [0.5, 0.6) is 0 Å². The fourth-order valence-electron chi connectivity index (χ4n) is 3.56. The molecule has 1 fully saturated rings. The van der Waals surface area contributed by atoms with Crippen molar-refractivity contribution in [2.75, 3.05) is 6.54 Å². The van der Waals surface area contributed by atoms with E-state index in [2.05, 4.69) is 45.1 Å². The fourth-order valence-corrected chi connectivity index (χ4v) is 3.56. The second-order valence-electron chi connectivity index (χ2n) is 6.85. The molecule has 2 rings (SSSR count). The van der Waals surface area contributed by atoms with Crippen molar-refractivity contribution >= 4 is 0 Å². The van der Waals surface area contributed by atoms with E-state index in [0.717, 1.165) is 6.54 Å². The summed E-state index contributed by atoms with van der Waals surface area (Å²) >= 11 is 0. The zero-order valence-electron chi connectivity index (χ0n) is 13.1. The molecule has 1 aromatic rings. The van der Waals surface area contributed by atoms with Crippen molar-refractivity contribution in [3.8, 4) is 0 Å². The molecule has 106 valence electrons. The minimum atomic E-state index is 0.532. The van der Waals surface area contributed by atoms with Gasteiger partial charge in [0.05, 0.1) is 0 Å². The molecule has 1 N–H and O–H groups in total. The lowest BCUT2D eigenvalue weighted by Gasteiger charge is -2.34. The highest BCUT2D eigenvalue weighted by Crippen LogP contribution is 2.35. The van der Waals surface area contributed by atoms with Gasteiger partial charge in [-0.3, -0.25) is 0 Å². The van der Waals surface area contributed by atoms with Crippen LogP contribution in [0.15, 0.2) is 12.1 Å². The minimum absolute atomic E-state index is 0.532. The van der Waals surface area contributed by atoms with Gasteiger partial charge in [0.2, 0.25) is 0 Å². The molecular formula is C18H29N. The fraction of sp³-hybridized carbons (Fsp3) is 0.667. The second kappa shape index (κ2) is 6.09. The summed E-state index contributed by atoms with van der Waals surface area (Å²) in [6.07, 6.45) is 7.06. The van der Waals surface area contributed by atoms with Crippen LogP contribution in [0.3, 0.4) is 0 Å². The second-order valence-corrected chi connectivity index (χ2v) is 6.85. The molecule has 1 aliphatic carbocycles. The topological polar surface area (TPSA) is 12.0 Å². The molecule has 0 radical (unpaired) electrons. The van der Waals surface area contributed by atoms with Crippen LogP contribution in [0.25, 0.3) is 0 Å². The number of nitrogens with one attached hydrogen (secondary N) is 1. The molecule has 19 heavy (non-hydrogen) atoms. The zero-order chi connectivity index (χ0) is 13.9. The van der Waals surface area contributed by atoms with Crippen LogP contribution in [-0.2, 0) is 6.54 Å². The first kappa shape index (κ1) is 14.6. The quantitative estimate of drug-likeness (QED) is 0.828. The zero-order valence-corrected chi connectivity index (χ0v) is 13.1. The standard InChI is InChI=1S/C18H29N/c1-14-10-15(2)17(16(3)11-14)12-19-13-18(4)8-6-5-7-9-18/h10-11,19H,5-9,12-13H2,1-4H3. The van der Waals surface area contributed by atoms with E-state index in [1.807, 2.05) is 0 Å². The smallest absolute Gasteiger partial charge is 0.0210 e. The van der Waals surface area contributed by atoms with Crippen LogP contribution < -0.4 is 5.32 Å². The molecule has 1 aromatic carbocycles. The van der Waals surface area contributed by atoms with Gasteiger partial charge in [-0.25, -0.2) is 0 Å². The Labute approximate surface area is 118 Å². The Morgan fingerprint density at radius 1 is 1.00 bits per heavy atom. The lowest BCUT2D eigenvalue weighted by molar-refractivity contribution is 0.207. The molecule has 0 amide bonds. The maximum absolute atomic E-state index is 3.71. The molecular weight excluding hydrogens is 230 g/mol. The predicted molar refractivity (Wildman–Crippen MR) is 83.6 cm³/mol. The molecule has 0 aromatic heterocycles. The molecule has 0 aliphatic heterocycles. The Balaban J connectivity index is 1.92. The number of aryl methyl sites for hydroxylation is 3. The third-order valence-corrected chi connectivity index (χ3v) is 4.75. The molecule has 0 bridgehead atoms. The summed E-state index contributed by atoms with van der Waals surface area (Å²) in [6, 6.07) is 4.60. The lowest BCUT2D eigenvalue weighted by Crippen LogP contribution is -2.33.